The molecule has 3 rings (SSSR count). The number of nitrogens with one attached hydrogen (secondary N) is 1. The van der Waals surface area contributed by atoms with E-state index in [0.717, 1.165) is 16.8 Å². The molecule has 1 aliphatic carbocycles. The summed E-state index contributed by atoms with van der Waals surface area (Å²) >= 11 is 5.39. The molecule has 0 spiro atoms. The van der Waals surface area contributed by atoms with Crippen LogP contribution < -0.4 is 5.32 Å². The zero-order valence-electron chi connectivity index (χ0n) is 11.7. The summed E-state index contributed by atoms with van der Waals surface area (Å²) in [7, 11) is 0. The van der Waals surface area contributed by atoms with Gasteiger partial charge < -0.3 is 5.32 Å². The highest BCUT2D eigenvalue weighted by Crippen LogP contribution is 2.43. The molecule has 1 aliphatic rings. The van der Waals surface area contributed by atoms with Crippen molar-refractivity contribution in [3.63, 3.8) is 0 Å². The first-order valence-electron chi connectivity index (χ1n) is 7.33. The monoisotopic (exact) mass is 349 g/mol. The van der Waals surface area contributed by atoms with Crippen molar-refractivity contribution in [2.24, 2.45) is 5.92 Å². The molecule has 2 unspecified atom stereocenters. The molecule has 1 N–H and O–H groups in total. The van der Waals surface area contributed by atoms with E-state index in [2.05, 4.69) is 69.9 Å². The maximum Gasteiger partial charge on any atom is 0.0448 e. The molecule has 2 aromatic rings. The average Bonchev–Trinajstić information content (AvgIpc) is 3.16. The number of hydrogen-bond acceptors (Lipinski definition) is 2. The van der Waals surface area contributed by atoms with Crippen molar-refractivity contribution in [1.82, 2.24) is 5.32 Å². The first-order chi connectivity index (χ1) is 9.78. The zero-order chi connectivity index (χ0) is 13.9. The van der Waals surface area contributed by atoms with E-state index >= 15 is 0 Å². The van der Waals surface area contributed by atoms with Crippen LogP contribution in [0.4, 0.5) is 0 Å². The van der Waals surface area contributed by atoms with Gasteiger partial charge in [0.05, 0.1) is 0 Å². The van der Waals surface area contributed by atoms with Gasteiger partial charge in [-0.1, -0.05) is 41.1 Å². The van der Waals surface area contributed by atoms with E-state index in [0.29, 0.717) is 12.1 Å². The number of hydrogen-bond donors (Lipinski definition) is 1. The molecular weight excluding hydrogens is 330 g/mol. The summed E-state index contributed by atoms with van der Waals surface area (Å²) in [5.41, 5.74) is 1.39. The Labute approximate surface area is 133 Å². The highest BCUT2D eigenvalue weighted by molar-refractivity contribution is 9.10. The van der Waals surface area contributed by atoms with E-state index in [1.54, 1.807) is 0 Å². The third-order valence-electron chi connectivity index (χ3n) is 4.00. The third-order valence-corrected chi connectivity index (χ3v) is 5.49. The average molecular weight is 350 g/mol. The molecule has 0 aliphatic heterocycles. The van der Waals surface area contributed by atoms with Gasteiger partial charge in [-0.25, -0.2) is 0 Å². The fraction of sp³-hybridized carbons (Fsp3) is 0.412. The van der Waals surface area contributed by atoms with Gasteiger partial charge in [-0.05, 0) is 54.3 Å². The maximum atomic E-state index is 3.90. The molecule has 1 aromatic heterocycles. The van der Waals surface area contributed by atoms with E-state index in [9.17, 15) is 0 Å². The summed E-state index contributed by atoms with van der Waals surface area (Å²) in [6.45, 7) is 2.26. The minimum absolute atomic E-state index is 0.441. The summed E-state index contributed by atoms with van der Waals surface area (Å²) in [6.07, 6.45) is 3.86. The van der Waals surface area contributed by atoms with Crippen LogP contribution in [0.15, 0.2) is 46.3 Å². The summed E-state index contributed by atoms with van der Waals surface area (Å²) in [4.78, 5) is 1.49. The smallest absolute Gasteiger partial charge is 0.0448 e. The third kappa shape index (κ3) is 3.33. The second-order valence-electron chi connectivity index (χ2n) is 5.51. The quantitative estimate of drug-likeness (QED) is 0.704. The van der Waals surface area contributed by atoms with Crippen LogP contribution in [0, 0.1) is 5.92 Å². The van der Waals surface area contributed by atoms with Crippen molar-refractivity contribution in [3.8, 4) is 0 Å². The van der Waals surface area contributed by atoms with E-state index in [4.69, 9.17) is 0 Å². The Hall–Kier alpha value is -0.640. The van der Waals surface area contributed by atoms with Gasteiger partial charge in [-0.2, -0.15) is 0 Å². The second-order valence-corrected chi connectivity index (χ2v) is 7.40. The van der Waals surface area contributed by atoms with E-state index in [1.807, 2.05) is 11.3 Å². The van der Waals surface area contributed by atoms with Gasteiger partial charge in [0.1, 0.15) is 0 Å². The van der Waals surface area contributed by atoms with Crippen LogP contribution in [0.25, 0.3) is 0 Å². The topological polar surface area (TPSA) is 12.0 Å². The zero-order valence-corrected chi connectivity index (χ0v) is 14.1. The van der Waals surface area contributed by atoms with Gasteiger partial charge >= 0.3 is 0 Å². The molecule has 0 saturated heterocycles. The Bertz CT molecular complexity index is 531. The van der Waals surface area contributed by atoms with Crippen molar-refractivity contribution in [3.05, 3.63) is 56.7 Å². The van der Waals surface area contributed by atoms with Gasteiger partial charge in [0.15, 0.2) is 0 Å². The number of benzene rings is 1. The van der Waals surface area contributed by atoms with Crippen LogP contribution in [0.3, 0.4) is 0 Å². The fourth-order valence-corrected chi connectivity index (χ4v) is 3.85. The SMILES string of the molecule is CCC(NC(c1cccs1)C1CC1)c1ccc(Br)cc1. The Morgan fingerprint density at radius 1 is 1.25 bits per heavy atom. The van der Waals surface area contributed by atoms with Crippen LogP contribution >= 0.6 is 27.3 Å². The first-order valence-corrected chi connectivity index (χ1v) is 9.00. The summed E-state index contributed by atoms with van der Waals surface area (Å²) < 4.78 is 1.15. The Morgan fingerprint density at radius 3 is 2.55 bits per heavy atom. The van der Waals surface area contributed by atoms with Crippen molar-refractivity contribution in [2.45, 2.75) is 38.3 Å². The molecule has 1 heterocycles. The second kappa shape index (κ2) is 6.42. The Balaban J connectivity index is 1.77. The van der Waals surface area contributed by atoms with Gasteiger partial charge in [-0.3, -0.25) is 0 Å². The molecule has 1 aromatic carbocycles. The van der Waals surface area contributed by atoms with Crippen molar-refractivity contribution in [2.75, 3.05) is 0 Å². The van der Waals surface area contributed by atoms with Crippen molar-refractivity contribution >= 4 is 27.3 Å². The Morgan fingerprint density at radius 2 is 2.00 bits per heavy atom. The number of thiophene rings is 1. The normalized spacial score (nSPS) is 17.9. The molecular formula is C17H20BrNS. The lowest BCUT2D eigenvalue weighted by Crippen LogP contribution is -2.27. The lowest BCUT2D eigenvalue weighted by Gasteiger charge is -2.25. The molecule has 20 heavy (non-hydrogen) atoms. The van der Waals surface area contributed by atoms with Gasteiger partial charge in [0.25, 0.3) is 0 Å². The van der Waals surface area contributed by atoms with Gasteiger partial charge in [0, 0.05) is 21.4 Å². The van der Waals surface area contributed by atoms with Crippen LogP contribution in [-0.2, 0) is 0 Å². The largest absolute Gasteiger partial charge is 0.302 e. The van der Waals surface area contributed by atoms with Crippen LogP contribution in [-0.4, -0.2) is 0 Å². The molecule has 1 saturated carbocycles. The summed E-state index contributed by atoms with van der Waals surface area (Å²) in [6, 6.07) is 14.1. The standard InChI is InChI=1S/C17H20BrNS/c1-2-15(12-7-9-14(18)10-8-12)19-17(13-5-6-13)16-4-3-11-20-16/h3-4,7-11,13,15,17,19H,2,5-6H2,1H3. The highest BCUT2D eigenvalue weighted by atomic mass is 79.9. The predicted octanol–water partition coefficient (Wildman–Crippen LogP) is 5.70. The molecule has 3 heteroatoms. The maximum absolute atomic E-state index is 3.90. The molecule has 0 radical (unpaired) electrons. The molecule has 2 atom stereocenters. The van der Waals surface area contributed by atoms with E-state index in [1.165, 1.54) is 23.3 Å². The first kappa shape index (κ1) is 14.3. The lowest BCUT2D eigenvalue weighted by atomic mass is 10.0. The minimum Gasteiger partial charge on any atom is -0.302 e. The predicted molar refractivity (Wildman–Crippen MR) is 90.1 cm³/mol. The lowest BCUT2D eigenvalue weighted by molar-refractivity contribution is 0.406. The summed E-state index contributed by atoms with van der Waals surface area (Å²) in [5, 5.41) is 6.09. The van der Waals surface area contributed by atoms with Crippen molar-refractivity contribution in [1.29, 1.82) is 0 Å². The molecule has 1 fully saturated rings. The van der Waals surface area contributed by atoms with Crippen LogP contribution in [0.1, 0.15) is 48.7 Å². The molecule has 0 bridgehead atoms. The minimum atomic E-state index is 0.441. The fourth-order valence-electron chi connectivity index (χ4n) is 2.71. The van der Waals surface area contributed by atoms with Gasteiger partial charge in [-0.15, -0.1) is 11.3 Å². The highest BCUT2D eigenvalue weighted by Gasteiger charge is 2.34. The molecule has 1 nitrogen and oxygen atoms in total. The van der Waals surface area contributed by atoms with E-state index < -0.39 is 0 Å². The van der Waals surface area contributed by atoms with E-state index in [-0.39, 0.29) is 0 Å². The number of halogens is 1. The number of rotatable bonds is 6. The van der Waals surface area contributed by atoms with Crippen LogP contribution in [0.2, 0.25) is 0 Å². The Kier molecular flexibility index (Phi) is 4.59. The van der Waals surface area contributed by atoms with Crippen molar-refractivity contribution < 1.29 is 0 Å². The van der Waals surface area contributed by atoms with Crippen LogP contribution in [0.5, 0.6) is 0 Å². The molecule has 106 valence electrons. The summed E-state index contributed by atoms with van der Waals surface area (Å²) in [5.74, 6) is 0.832. The van der Waals surface area contributed by atoms with Gasteiger partial charge in [0.2, 0.25) is 0 Å². The molecule has 0 amide bonds.